The molecule has 0 atom stereocenters. The number of pyridine rings is 2. The highest BCUT2D eigenvalue weighted by molar-refractivity contribution is 6.07. The van der Waals surface area contributed by atoms with Crippen molar-refractivity contribution in [1.82, 2.24) is 14.9 Å². The fraction of sp³-hybridized carbons (Fsp3) is 0.353. The molecule has 2 rings (SSSR count). The molecule has 2 aromatic heterocycles. The Kier molecular flexibility index (Phi) is 6.50. The van der Waals surface area contributed by atoms with Gasteiger partial charge in [-0.2, -0.15) is 0 Å². The van der Waals surface area contributed by atoms with Crippen molar-refractivity contribution < 1.29 is 4.79 Å². The third-order valence-corrected chi connectivity index (χ3v) is 3.61. The van der Waals surface area contributed by atoms with Crippen LogP contribution in [-0.2, 0) is 0 Å². The van der Waals surface area contributed by atoms with E-state index in [0.717, 1.165) is 26.2 Å². The van der Waals surface area contributed by atoms with E-state index >= 15 is 0 Å². The minimum Gasteiger partial charge on any atom is -0.368 e. The molecule has 0 saturated heterocycles. The molecule has 0 aliphatic heterocycles. The number of carbonyl (C=O) groups excluding carboxylic acids is 1. The Hall–Kier alpha value is -2.47. The number of nitrogens with zero attached hydrogens (tertiary/aromatic N) is 3. The second-order valence-electron chi connectivity index (χ2n) is 5.04. The van der Waals surface area contributed by atoms with Gasteiger partial charge in [0.25, 0.3) is 5.91 Å². The molecule has 2 aromatic rings. The normalized spacial score (nSPS) is 10.6. The molecule has 6 heteroatoms. The van der Waals surface area contributed by atoms with Crippen molar-refractivity contribution >= 4 is 17.4 Å². The van der Waals surface area contributed by atoms with Crippen molar-refractivity contribution in [3.63, 3.8) is 0 Å². The first-order valence-corrected chi connectivity index (χ1v) is 7.87. The molecule has 0 saturated carbocycles. The molecular weight excluding hydrogens is 290 g/mol. The summed E-state index contributed by atoms with van der Waals surface area (Å²) in [6, 6.07) is 7.03. The number of aromatic nitrogens is 2. The van der Waals surface area contributed by atoms with Crippen LogP contribution in [0.5, 0.6) is 0 Å². The van der Waals surface area contributed by atoms with Gasteiger partial charge in [0.05, 0.1) is 5.56 Å². The van der Waals surface area contributed by atoms with Crippen LogP contribution in [0, 0.1) is 0 Å². The summed E-state index contributed by atoms with van der Waals surface area (Å²) in [5.41, 5.74) is 1.24. The van der Waals surface area contributed by atoms with Crippen molar-refractivity contribution in [1.29, 1.82) is 0 Å². The van der Waals surface area contributed by atoms with Gasteiger partial charge in [0, 0.05) is 37.4 Å². The van der Waals surface area contributed by atoms with Gasteiger partial charge < -0.3 is 15.5 Å². The van der Waals surface area contributed by atoms with Gasteiger partial charge in [-0.25, -0.2) is 4.98 Å². The first-order chi connectivity index (χ1) is 11.2. The van der Waals surface area contributed by atoms with Gasteiger partial charge in [0.15, 0.2) is 0 Å². The minimum absolute atomic E-state index is 0.186. The van der Waals surface area contributed by atoms with Crippen LogP contribution >= 0.6 is 0 Å². The van der Waals surface area contributed by atoms with Crippen molar-refractivity contribution in [2.75, 3.05) is 36.8 Å². The molecule has 0 fully saturated rings. The first kappa shape index (κ1) is 16.9. The van der Waals surface area contributed by atoms with E-state index in [1.807, 2.05) is 0 Å². The number of anilines is 2. The van der Waals surface area contributed by atoms with Crippen LogP contribution in [0.2, 0.25) is 0 Å². The monoisotopic (exact) mass is 313 g/mol. The van der Waals surface area contributed by atoms with Crippen molar-refractivity contribution in [2.45, 2.75) is 13.8 Å². The second-order valence-corrected chi connectivity index (χ2v) is 5.04. The zero-order valence-electron chi connectivity index (χ0n) is 13.6. The van der Waals surface area contributed by atoms with Crippen LogP contribution < -0.4 is 10.6 Å². The van der Waals surface area contributed by atoms with Gasteiger partial charge in [-0.15, -0.1) is 0 Å². The summed E-state index contributed by atoms with van der Waals surface area (Å²) in [5.74, 6) is 0.417. The van der Waals surface area contributed by atoms with E-state index in [-0.39, 0.29) is 5.91 Å². The summed E-state index contributed by atoms with van der Waals surface area (Å²) in [5, 5.41) is 6.10. The third-order valence-electron chi connectivity index (χ3n) is 3.61. The maximum absolute atomic E-state index is 12.4. The van der Waals surface area contributed by atoms with Crippen LogP contribution in [0.3, 0.4) is 0 Å². The van der Waals surface area contributed by atoms with Crippen molar-refractivity contribution in [2.24, 2.45) is 0 Å². The lowest BCUT2D eigenvalue weighted by Crippen LogP contribution is -2.29. The summed E-state index contributed by atoms with van der Waals surface area (Å²) in [6.45, 7) is 7.95. The van der Waals surface area contributed by atoms with E-state index in [9.17, 15) is 4.79 Å². The highest BCUT2D eigenvalue weighted by Gasteiger charge is 2.12. The summed E-state index contributed by atoms with van der Waals surface area (Å²) in [6.07, 6.45) is 4.97. The maximum atomic E-state index is 12.4. The van der Waals surface area contributed by atoms with Gasteiger partial charge in [-0.1, -0.05) is 13.8 Å². The Morgan fingerprint density at radius 3 is 2.57 bits per heavy atom. The van der Waals surface area contributed by atoms with E-state index < -0.39 is 0 Å². The molecule has 0 bridgehead atoms. The fourth-order valence-corrected chi connectivity index (χ4v) is 2.24. The Labute approximate surface area is 137 Å². The zero-order valence-corrected chi connectivity index (χ0v) is 13.6. The number of amides is 1. The number of hydrogen-bond donors (Lipinski definition) is 2. The maximum Gasteiger partial charge on any atom is 0.259 e. The van der Waals surface area contributed by atoms with Crippen LogP contribution in [0.15, 0.2) is 42.9 Å². The fourth-order valence-electron chi connectivity index (χ4n) is 2.24. The predicted molar refractivity (Wildman–Crippen MR) is 92.7 cm³/mol. The van der Waals surface area contributed by atoms with Crippen LogP contribution in [0.4, 0.5) is 11.5 Å². The molecule has 1 amide bonds. The van der Waals surface area contributed by atoms with Gasteiger partial charge in [0.1, 0.15) is 5.82 Å². The molecule has 6 nitrogen and oxygen atoms in total. The Balaban J connectivity index is 2.00. The van der Waals surface area contributed by atoms with Crippen LogP contribution in [0.1, 0.15) is 24.2 Å². The summed E-state index contributed by atoms with van der Waals surface area (Å²) in [4.78, 5) is 23.0. The highest BCUT2D eigenvalue weighted by atomic mass is 16.1. The average molecular weight is 313 g/mol. The molecule has 122 valence electrons. The summed E-state index contributed by atoms with van der Waals surface area (Å²) in [7, 11) is 0. The van der Waals surface area contributed by atoms with E-state index in [1.54, 1.807) is 42.9 Å². The molecule has 23 heavy (non-hydrogen) atoms. The Morgan fingerprint density at radius 2 is 1.87 bits per heavy atom. The zero-order chi connectivity index (χ0) is 16.5. The lowest BCUT2D eigenvalue weighted by atomic mass is 10.2. The lowest BCUT2D eigenvalue weighted by molar-refractivity contribution is 0.102. The van der Waals surface area contributed by atoms with Crippen LogP contribution in [0.25, 0.3) is 0 Å². The third kappa shape index (κ3) is 5.03. The number of rotatable bonds is 8. The molecule has 0 aliphatic rings. The van der Waals surface area contributed by atoms with Crippen LogP contribution in [-0.4, -0.2) is 47.0 Å². The highest BCUT2D eigenvalue weighted by Crippen LogP contribution is 2.14. The largest absolute Gasteiger partial charge is 0.368 e. The quantitative estimate of drug-likeness (QED) is 0.783. The number of hydrogen-bond acceptors (Lipinski definition) is 5. The molecule has 2 N–H and O–H groups in total. The summed E-state index contributed by atoms with van der Waals surface area (Å²) >= 11 is 0. The molecule has 0 unspecified atom stereocenters. The lowest BCUT2D eigenvalue weighted by Gasteiger charge is -2.18. The SMILES string of the molecule is CCN(CC)CCNc1ncccc1C(=O)Nc1ccncc1. The summed E-state index contributed by atoms with van der Waals surface area (Å²) < 4.78 is 0. The average Bonchev–Trinajstić information content (AvgIpc) is 2.60. The van der Waals surface area contributed by atoms with Crippen molar-refractivity contribution in [3.05, 3.63) is 48.4 Å². The molecule has 0 aromatic carbocycles. The van der Waals surface area contributed by atoms with Gasteiger partial charge in [0.2, 0.25) is 0 Å². The molecular formula is C17H23N5O. The number of likely N-dealkylation sites (N-methyl/N-ethyl adjacent to an activating group) is 1. The molecule has 2 heterocycles. The smallest absolute Gasteiger partial charge is 0.259 e. The van der Waals surface area contributed by atoms with Gasteiger partial charge in [-0.3, -0.25) is 9.78 Å². The standard InChI is InChI=1S/C17H23N5O/c1-3-22(4-2)13-12-20-16-15(6-5-9-19-16)17(23)21-14-7-10-18-11-8-14/h5-11H,3-4,12-13H2,1-2H3,(H,19,20)(H,18,21,23). The Morgan fingerprint density at radius 1 is 1.13 bits per heavy atom. The number of carbonyl (C=O) groups is 1. The van der Waals surface area contributed by atoms with Gasteiger partial charge in [-0.05, 0) is 37.4 Å². The Bertz CT molecular complexity index is 613. The first-order valence-electron chi connectivity index (χ1n) is 7.87. The van der Waals surface area contributed by atoms with E-state index in [4.69, 9.17) is 0 Å². The molecule has 0 radical (unpaired) electrons. The predicted octanol–water partition coefficient (Wildman–Crippen LogP) is 2.48. The van der Waals surface area contributed by atoms with E-state index in [1.165, 1.54) is 0 Å². The minimum atomic E-state index is -0.186. The topological polar surface area (TPSA) is 70.2 Å². The van der Waals surface area contributed by atoms with Gasteiger partial charge >= 0.3 is 0 Å². The number of nitrogens with one attached hydrogen (secondary N) is 2. The second kappa shape index (κ2) is 8.85. The molecule has 0 spiro atoms. The molecule has 0 aliphatic carbocycles. The van der Waals surface area contributed by atoms with Crippen molar-refractivity contribution in [3.8, 4) is 0 Å². The van der Waals surface area contributed by atoms with E-state index in [0.29, 0.717) is 17.1 Å². The van der Waals surface area contributed by atoms with E-state index in [2.05, 4.69) is 39.3 Å².